The third-order valence-corrected chi connectivity index (χ3v) is 6.58. The van der Waals surface area contributed by atoms with E-state index in [0.29, 0.717) is 5.57 Å². The van der Waals surface area contributed by atoms with Crippen molar-refractivity contribution in [2.24, 2.45) is 22.7 Å². The molecule has 2 N–H and O–H groups in total. The summed E-state index contributed by atoms with van der Waals surface area (Å²) in [6, 6.07) is 0. The lowest BCUT2D eigenvalue weighted by Crippen LogP contribution is -2.74. The third kappa shape index (κ3) is 1.36. The van der Waals surface area contributed by atoms with Gasteiger partial charge in [-0.25, -0.2) is 0 Å². The first kappa shape index (κ1) is 15.6. The van der Waals surface area contributed by atoms with Crippen LogP contribution in [-0.4, -0.2) is 33.0 Å². The van der Waals surface area contributed by atoms with Crippen LogP contribution in [0.2, 0.25) is 0 Å². The van der Waals surface area contributed by atoms with Crippen LogP contribution < -0.4 is 0 Å². The van der Waals surface area contributed by atoms with Crippen molar-refractivity contribution in [2.45, 2.75) is 52.7 Å². The van der Waals surface area contributed by atoms with Crippen molar-refractivity contribution in [1.29, 1.82) is 0 Å². The summed E-state index contributed by atoms with van der Waals surface area (Å²) in [5.41, 5.74) is -3.45. The van der Waals surface area contributed by atoms with Crippen molar-refractivity contribution in [3.8, 4) is 0 Å². The zero-order valence-electron chi connectivity index (χ0n) is 14.0. The van der Waals surface area contributed by atoms with Gasteiger partial charge >= 0.3 is 0 Å². The van der Waals surface area contributed by atoms with E-state index in [1.807, 2.05) is 32.9 Å². The molecule has 0 spiro atoms. The van der Waals surface area contributed by atoms with Gasteiger partial charge in [-0.05, 0) is 40.2 Å². The van der Waals surface area contributed by atoms with Crippen LogP contribution in [0.3, 0.4) is 0 Å². The lowest BCUT2D eigenvalue weighted by molar-refractivity contribution is -0.203. The van der Waals surface area contributed by atoms with E-state index in [0.717, 1.165) is 5.57 Å². The molecule has 0 amide bonds. The molecular weight excluding hydrogens is 280 g/mol. The van der Waals surface area contributed by atoms with Crippen LogP contribution in [0.25, 0.3) is 0 Å². The predicted octanol–water partition coefficient (Wildman–Crippen LogP) is 1.80. The monoisotopic (exact) mass is 304 g/mol. The molecule has 0 aromatic rings. The van der Waals surface area contributed by atoms with Crippen LogP contribution in [-0.2, 0) is 9.59 Å². The van der Waals surface area contributed by atoms with Crippen LogP contribution in [0.15, 0.2) is 23.3 Å². The van der Waals surface area contributed by atoms with Gasteiger partial charge in [0.15, 0.2) is 11.6 Å². The van der Waals surface area contributed by atoms with Gasteiger partial charge in [0, 0.05) is 17.3 Å². The first-order valence-electron chi connectivity index (χ1n) is 7.75. The van der Waals surface area contributed by atoms with E-state index in [-0.39, 0.29) is 11.6 Å². The minimum Gasteiger partial charge on any atom is -0.382 e. The minimum absolute atomic E-state index is 0.233. The van der Waals surface area contributed by atoms with E-state index in [4.69, 9.17) is 0 Å². The Hall–Kier alpha value is -1.26. The van der Waals surface area contributed by atoms with Crippen molar-refractivity contribution in [3.63, 3.8) is 0 Å². The highest BCUT2D eigenvalue weighted by atomic mass is 16.3. The highest BCUT2D eigenvalue weighted by Crippen LogP contribution is 2.67. The molecule has 120 valence electrons. The molecule has 2 bridgehead atoms. The summed E-state index contributed by atoms with van der Waals surface area (Å²) < 4.78 is 0. The molecule has 4 aliphatic rings. The van der Waals surface area contributed by atoms with Crippen LogP contribution in [0.1, 0.15) is 41.5 Å². The van der Waals surface area contributed by atoms with Gasteiger partial charge in [-0.15, -0.1) is 0 Å². The molecule has 4 aliphatic carbocycles. The van der Waals surface area contributed by atoms with Crippen molar-refractivity contribution >= 4 is 11.6 Å². The summed E-state index contributed by atoms with van der Waals surface area (Å²) in [5, 5.41) is 21.9. The second kappa shape index (κ2) is 3.80. The Labute approximate surface area is 130 Å². The maximum absolute atomic E-state index is 12.9. The molecule has 0 heterocycles. The molecule has 0 aliphatic heterocycles. The molecule has 0 aromatic heterocycles. The van der Waals surface area contributed by atoms with Crippen LogP contribution in [0.5, 0.6) is 0 Å². The van der Waals surface area contributed by atoms with Gasteiger partial charge in [0.2, 0.25) is 0 Å². The molecule has 0 aromatic carbocycles. The number of ketones is 2. The zero-order chi connectivity index (χ0) is 16.9. The fraction of sp³-hybridized carbons (Fsp3) is 0.667. The summed E-state index contributed by atoms with van der Waals surface area (Å²) in [4.78, 5) is 25.5. The van der Waals surface area contributed by atoms with Crippen molar-refractivity contribution in [2.75, 3.05) is 0 Å². The number of hydrogen-bond acceptors (Lipinski definition) is 4. The molecule has 0 radical (unpaired) electrons. The van der Waals surface area contributed by atoms with Crippen LogP contribution in [0, 0.1) is 22.7 Å². The lowest BCUT2D eigenvalue weighted by atomic mass is 9.37. The molecule has 22 heavy (non-hydrogen) atoms. The highest BCUT2D eigenvalue weighted by Gasteiger charge is 2.73. The second-order valence-electron chi connectivity index (χ2n) is 8.11. The summed E-state index contributed by atoms with van der Waals surface area (Å²) in [7, 11) is 0. The fourth-order valence-electron chi connectivity index (χ4n) is 5.58. The van der Waals surface area contributed by atoms with Crippen LogP contribution in [0.4, 0.5) is 0 Å². The number of hydrogen-bond donors (Lipinski definition) is 2. The molecule has 4 heteroatoms. The van der Waals surface area contributed by atoms with Gasteiger partial charge in [-0.1, -0.05) is 24.6 Å². The largest absolute Gasteiger partial charge is 0.382 e. The molecule has 0 unspecified atom stereocenters. The Kier molecular flexibility index (Phi) is 2.70. The van der Waals surface area contributed by atoms with E-state index in [9.17, 15) is 19.8 Å². The molecular formula is C18H24O4. The Morgan fingerprint density at radius 1 is 0.955 bits per heavy atom. The number of carbonyl (C=O) groups excluding carboxylic acids is 2. The Balaban J connectivity index is 2.41. The quantitative estimate of drug-likeness (QED) is 0.669. The van der Waals surface area contributed by atoms with Gasteiger partial charge in [0.05, 0.1) is 5.41 Å². The number of carbonyl (C=O) groups is 2. The lowest BCUT2D eigenvalue weighted by Gasteiger charge is -2.66. The third-order valence-electron chi connectivity index (χ3n) is 6.58. The average Bonchev–Trinajstić information content (AvgIpc) is 2.37. The highest BCUT2D eigenvalue weighted by molar-refractivity contribution is 6.05. The molecule has 6 atom stereocenters. The number of fused-ring (bicyclic) bond motifs is 1. The van der Waals surface area contributed by atoms with E-state index < -0.39 is 33.9 Å². The number of aliphatic hydroxyl groups is 2. The summed E-state index contributed by atoms with van der Waals surface area (Å²) in [6.07, 6.45) is 3.76. The van der Waals surface area contributed by atoms with E-state index in [1.165, 1.54) is 13.8 Å². The van der Waals surface area contributed by atoms with Gasteiger partial charge in [-0.3, -0.25) is 9.59 Å². The van der Waals surface area contributed by atoms with Crippen molar-refractivity contribution in [1.82, 2.24) is 0 Å². The SMILES string of the molecule is CC1=C[C@]2(C)[C@@H]([C@@H]3C(C)=C[C@]2(C)C(=O)[C@]3(C)O)[C@@](C)(O)C1=O. The van der Waals surface area contributed by atoms with Gasteiger partial charge in [-0.2, -0.15) is 0 Å². The Morgan fingerprint density at radius 2 is 1.50 bits per heavy atom. The smallest absolute Gasteiger partial charge is 0.189 e. The van der Waals surface area contributed by atoms with Crippen molar-refractivity contribution < 1.29 is 19.8 Å². The second-order valence-corrected chi connectivity index (χ2v) is 8.11. The topological polar surface area (TPSA) is 74.6 Å². The molecule has 1 fully saturated rings. The molecule has 4 nitrogen and oxygen atoms in total. The maximum atomic E-state index is 12.9. The van der Waals surface area contributed by atoms with E-state index in [2.05, 4.69) is 0 Å². The molecule has 1 saturated carbocycles. The maximum Gasteiger partial charge on any atom is 0.189 e. The fourth-order valence-corrected chi connectivity index (χ4v) is 5.58. The molecule has 4 rings (SSSR count). The number of rotatable bonds is 0. The van der Waals surface area contributed by atoms with E-state index >= 15 is 0 Å². The summed E-state index contributed by atoms with van der Waals surface area (Å²) in [6.45, 7) is 10.3. The summed E-state index contributed by atoms with van der Waals surface area (Å²) >= 11 is 0. The molecule has 0 saturated heterocycles. The van der Waals surface area contributed by atoms with Gasteiger partial charge in [0.25, 0.3) is 0 Å². The standard InChI is InChI=1S/C18H24O4/c1-9-7-16(4)14(20)17(5,21)11(9)12-15(16,3)8-10(2)13(19)18(12,6)22/h7-8,11-12,21-22H,1-6H3/t11-,12+,15+,16+,17+,18+/m0/s1. The van der Waals surface area contributed by atoms with Gasteiger partial charge < -0.3 is 10.2 Å². The predicted molar refractivity (Wildman–Crippen MR) is 82.0 cm³/mol. The van der Waals surface area contributed by atoms with Gasteiger partial charge in [0.1, 0.15) is 11.2 Å². The first-order valence-corrected chi connectivity index (χ1v) is 7.75. The summed E-state index contributed by atoms with van der Waals surface area (Å²) in [5.74, 6) is -1.64. The Bertz CT molecular complexity index is 667. The minimum atomic E-state index is -1.60. The number of allylic oxidation sites excluding steroid dienone is 2. The normalized spacial score (nSPS) is 54.0. The van der Waals surface area contributed by atoms with Crippen molar-refractivity contribution in [3.05, 3.63) is 23.3 Å². The van der Waals surface area contributed by atoms with E-state index in [1.54, 1.807) is 6.92 Å². The number of Topliss-reactive ketones (excluding diaryl/α,β-unsaturated/α-hetero) is 2. The Morgan fingerprint density at radius 3 is 2.05 bits per heavy atom. The van der Waals surface area contributed by atoms with Crippen LogP contribution >= 0.6 is 0 Å². The average molecular weight is 304 g/mol. The zero-order valence-corrected chi connectivity index (χ0v) is 14.0. The first-order chi connectivity index (χ1) is 9.82.